The molecule has 10 heteroatoms. The first-order chi connectivity index (χ1) is 13.5. The lowest BCUT2D eigenvalue weighted by Gasteiger charge is -2.27. The molecule has 5 N–H and O–H groups in total. The smallest absolute Gasteiger partial charge is 0.235 e. The second-order valence-corrected chi connectivity index (χ2v) is 7.49. The minimum Gasteiger partial charge on any atom is -0.472 e. The van der Waals surface area contributed by atoms with Crippen LogP contribution in [0.2, 0.25) is 0 Å². The zero-order valence-corrected chi connectivity index (χ0v) is 15.6. The Bertz CT molecular complexity index is 884. The van der Waals surface area contributed by atoms with Crippen LogP contribution in [-0.4, -0.2) is 56.4 Å². The molecule has 1 fully saturated rings. The largest absolute Gasteiger partial charge is 0.472 e. The number of aromatic nitrogens is 2. The van der Waals surface area contributed by atoms with Crippen molar-refractivity contribution in [3.8, 4) is 5.88 Å². The molecule has 2 aliphatic heterocycles. The number of anilines is 2. The van der Waals surface area contributed by atoms with E-state index in [1.54, 1.807) is 0 Å². The van der Waals surface area contributed by atoms with Gasteiger partial charge in [-0.05, 0) is 5.56 Å². The summed E-state index contributed by atoms with van der Waals surface area (Å²) in [5, 5.41) is 30.3. The normalized spacial score (nSPS) is 26.5. The molecule has 0 saturated carbocycles. The first-order valence-corrected chi connectivity index (χ1v) is 9.44. The van der Waals surface area contributed by atoms with Crippen molar-refractivity contribution in [2.45, 2.75) is 36.0 Å². The second-order valence-electron chi connectivity index (χ2n) is 6.41. The van der Waals surface area contributed by atoms with Gasteiger partial charge in [0.05, 0.1) is 11.6 Å². The van der Waals surface area contributed by atoms with E-state index in [1.165, 1.54) is 16.7 Å². The standard InChI is InChI=1S/C18H20N4O5S/c1-9-22(17-13(25)12(24)11(7-23)27-17)15-14(28-9)16(21-18(19)20-15)26-8-10-5-3-2-4-6-10/h2-6,11-13,17,23-25H,1,7-8H2,(H2,19,20,21)/t11-,12-,13-,17-/m1/s1. The molecular weight excluding hydrogens is 384 g/mol. The summed E-state index contributed by atoms with van der Waals surface area (Å²) in [6.45, 7) is 3.86. The molecule has 2 aromatic rings. The number of benzene rings is 1. The molecule has 4 atom stereocenters. The van der Waals surface area contributed by atoms with Crippen LogP contribution in [0.4, 0.5) is 11.8 Å². The van der Waals surface area contributed by atoms with Crippen molar-refractivity contribution >= 4 is 23.5 Å². The van der Waals surface area contributed by atoms with E-state index >= 15 is 0 Å². The highest BCUT2D eigenvalue weighted by Crippen LogP contribution is 2.50. The van der Waals surface area contributed by atoms with E-state index < -0.39 is 31.1 Å². The first kappa shape index (κ1) is 19.0. The summed E-state index contributed by atoms with van der Waals surface area (Å²) in [7, 11) is 0. The summed E-state index contributed by atoms with van der Waals surface area (Å²) in [6, 6.07) is 9.61. The van der Waals surface area contributed by atoms with Gasteiger partial charge in [0.1, 0.15) is 29.8 Å². The maximum atomic E-state index is 10.4. The topological polar surface area (TPSA) is 134 Å². The Morgan fingerprint density at radius 1 is 1.21 bits per heavy atom. The fourth-order valence-electron chi connectivity index (χ4n) is 3.15. The number of aliphatic hydroxyl groups is 3. The van der Waals surface area contributed by atoms with Gasteiger partial charge in [-0.15, -0.1) is 0 Å². The Kier molecular flexibility index (Phi) is 5.13. The molecule has 0 unspecified atom stereocenters. The summed E-state index contributed by atoms with van der Waals surface area (Å²) < 4.78 is 11.5. The molecule has 0 amide bonds. The summed E-state index contributed by atoms with van der Waals surface area (Å²) in [5.74, 6) is 0.668. The van der Waals surface area contributed by atoms with Gasteiger partial charge in [0.2, 0.25) is 11.8 Å². The molecule has 4 rings (SSSR count). The molecule has 0 radical (unpaired) electrons. The average molecular weight is 404 g/mol. The van der Waals surface area contributed by atoms with Crippen molar-refractivity contribution in [1.29, 1.82) is 0 Å². The molecule has 0 aliphatic carbocycles. The quantitative estimate of drug-likeness (QED) is 0.557. The molecule has 9 nitrogen and oxygen atoms in total. The number of thioether (sulfide) groups is 1. The minimum atomic E-state index is -1.26. The first-order valence-electron chi connectivity index (χ1n) is 8.62. The predicted octanol–water partition coefficient (Wildman–Crippen LogP) is 0.460. The zero-order valence-electron chi connectivity index (χ0n) is 14.8. The molecule has 28 heavy (non-hydrogen) atoms. The lowest BCUT2D eigenvalue weighted by atomic mass is 10.1. The van der Waals surface area contributed by atoms with Crippen LogP contribution in [0.25, 0.3) is 0 Å². The van der Waals surface area contributed by atoms with Crippen LogP contribution in [0, 0.1) is 0 Å². The fourth-order valence-corrected chi connectivity index (χ4v) is 4.10. The van der Waals surface area contributed by atoms with Crippen molar-refractivity contribution < 1.29 is 24.8 Å². The monoisotopic (exact) mass is 404 g/mol. The third-order valence-corrected chi connectivity index (χ3v) is 5.53. The lowest BCUT2D eigenvalue weighted by molar-refractivity contribution is -0.0205. The Morgan fingerprint density at radius 3 is 2.64 bits per heavy atom. The molecule has 148 valence electrons. The minimum absolute atomic E-state index is 0.00569. The number of nitrogen functional groups attached to an aromatic ring is 1. The molecule has 0 spiro atoms. The number of aliphatic hydroxyl groups excluding tert-OH is 3. The number of nitrogens with two attached hydrogens (primary N) is 1. The number of nitrogens with zero attached hydrogens (tertiary/aromatic N) is 3. The highest BCUT2D eigenvalue weighted by molar-refractivity contribution is 8.03. The Labute approximate surface area is 165 Å². The number of rotatable bonds is 5. The highest BCUT2D eigenvalue weighted by atomic mass is 32.2. The molecule has 2 aliphatic rings. The van der Waals surface area contributed by atoms with Crippen LogP contribution < -0.4 is 15.4 Å². The molecule has 1 aromatic carbocycles. The number of ether oxygens (including phenoxy) is 2. The van der Waals surface area contributed by atoms with Gasteiger partial charge in [-0.3, -0.25) is 4.90 Å². The third-order valence-electron chi connectivity index (χ3n) is 4.54. The Balaban J connectivity index is 1.63. The molecule has 1 aromatic heterocycles. The maximum absolute atomic E-state index is 10.4. The zero-order chi connectivity index (χ0) is 19.8. The average Bonchev–Trinajstić information content (AvgIpc) is 3.16. The van der Waals surface area contributed by atoms with E-state index in [9.17, 15) is 15.3 Å². The molecule has 3 heterocycles. The Morgan fingerprint density at radius 2 is 1.96 bits per heavy atom. The van der Waals surface area contributed by atoms with Gasteiger partial charge in [-0.25, -0.2) is 0 Å². The van der Waals surface area contributed by atoms with Crippen molar-refractivity contribution in [1.82, 2.24) is 9.97 Å². The summed E-state index contributed by atoms with van der Waals surface area (Å²) >= 11 is 1.26. The lowest BCUT2D eigenvalue weighted by Crippen LogP contribution is -2.42. The van der Waals surface area contributed by atoms with Gasteiger partial charge in [-0.2, -0.15) is 9.97 Å². The molecular formula is C18H20N4O5S. The van der Waals surface area contributed by atoms with E-state index in [0.717, 1.165) is 5.56 Å². The summed E-state index contributed by atoms with van der Waals surface area (Å²) in [5.41, 5.74) is 6.83. The number of fused-ring (bicyclic) bond motifs is 1. The van der Waals surface area contributed by atoms with Crippen molar-refractivity contribution in [3.05, 3.63) is 47.5 Å². The van der Waals surface area contributed by atoms with E-state index in [0.29, 0.717) is 28.2 Å². The van der Waals surface area contributed by atoms with E-state index in [2.05, 4.69) is 16.5 Å². The van der Waals surface area contributed by atoms with E-state index in [1.807, 2.05) is 30.3 Å². The number of hydrogen-bond donors (Lipinski definition) is 4. The fraction of sp³-hybridized carbons (Fsp3) is 0.333. The Hall–Kier alpha value is -2.37. The third kappa shape index (κ3) is 3.29. The predicted molar refractivity (Wildman–Crippen MR) is 102 cm³/mol. The van der Waals surface area contributed by atoms with Crippen molar-refractivity contribution in [2.75, 3.05) is 17.2 Å². The second kappa shape index (κ2) is 7.57. The van der Waals surface area contributed by atoms with Crippen LogP contribution in [0.15, 0.2) is 46.8 Å². The van der Waals surface area contributed by atoms with E-state index in [-0.39, 0.29) is 5.95 Å². The van der Waals surface area contributed by atoms with Crippen LogP contribution in [-0.2, 0) is 11.3 Å². The SMILES string of the molecule is C=C1Sc2c(OCc3ccccc3)nc(N)nc2N1[C@@H]1O[C@H](CO)[C@@H](O)[C@H]1O. The van der Waals surface area contributed by atoms with Crippen LogP contribution >= 0.6 is 11.8 Å². The highest BCUT2D eigenvalue weighted by Gasteiger charge is 2.49. The maximum Gasteiger partial charge on any atom is 0.235 e. The van der Waals surface area contributed by atoms with Crippen LogP contribution in [0.3, 0.4) is 0 Å². The van der Waals surface area contributed by atoms with Gasteiger partial charge in [0, 0.05) is 0 Å². The van der Waals surface area contributed by atoms with Gasteiger partial charge in [0.15, 0.2) is 12.0 Å². The molecule has 0 bridgehead atoms. The van der Waals surface area contributed by atoms with Gasteiger partial charge in [-0.1, -0.05) is 48.7 Å². The molecule has 1 saturated heterocycles. The van der Waals surface area contributed by atoms with Crippen molar-refractivity contribution in [3.63, 3.8) is 0 Å². The van der Waals surface area contributed by atoms with Crippen molar-refractivity contribution in [2.24, 2.45) is 0 Å². The van der Waals surface area contributed by atoms with Gasteiger partial charge >= 0.3 is 0 Å². The summed E-state index contributed by atoms with van der Waals surface area (Å²) in [4.78, 5) is 10.6. The summed E-state index contributed by atoms with van der Waals surface area (Å²) in [6.07, 6.45) is -4.37. The van der Waals surface area contributed by atoms with Crippen LogP contribution in [0.5, 0.6) is 5.88 Å². The van der Waals surface area contributed by atoms with Gasteiger partial charge < -0.3 is 30.5 Å². The number of hydrogen-bond acceptors (Lipinski definition) is 10. The van der Waals surface area contributed by atoms with Gasteiger partial charge in [0.25, 0.3) is 0 Å². The van der Waals surface area contributed by atoms with Crippen LogP contribution in [0.1, 0.15) is 5.56 Å². The van der Waals surface area contributed by atoms with E-state index in [4.69, 9.17) is 15.2 Å².